The number of likely N-dealkylation sites (N-methyl/N-ethyl adjacent to an activating group) is 1. The fraction of sp³-hybridized carbons (Fsp3) is 0.435. The normalized spacial score (nSPS) is 16.9. The predicted octanol–water partition coefficient (Wildman–Crippen LogP) is 2.83. The molecule has 0 aliphatic carbocycles. The van der Waals surface area contributed by atoms with Gasteiger partial charge < -0.3 is 4.90 Å². The number of sulfonamides is 1. The first kappa shape index (κ1) is 22.5. The number of benzene rings is 2. The molecule has 1 saturated heterocycles. The maximum absolute atomic E-state index is 13.0. The van der Waals surface area contributed by atoms with E-state index < -0.39 is 10.0 Å². The summed E-state index contributed by atoms with van der Waals surface area (Å²) in [5.41, 5.74) is 2.91. The summed E-state index contributed by atoms with van der Waals surface area (Å²) in [4.78, 5) is 16.9. The van der Waals surface area contributed by atoms with Crippen LogP contribution in [0.5, 0.6) is 0 Å². The number of rotatable bonds is 6. The van der Waals surface area contributed by atoms with E-state index >= 15 is 0 Å². The van der Waals surface area contributed by atoms with Gasteiger partial charge in [0.05, 0.1) is 17.5 Å². The quantitative estimate of drug-likeness (QED) is 0.709. The van der Waals surface area contributed by atoms with Gasteiger partial charge in [-0.05, 0) is 38.0 Å². The highest BCUT2D eigenvalue weighted by Crippen LogP contribution is 2.23. The molecule has 162 valence electrons. The van der Waals surface area contributed by atoms with Crippen LogP contribution in [0.15, 0.2) is 53.4 Å². The molecule has 2 aromatic rings. The third-order valence-corrected chi connectivity index (χ3v) is 7.95. The van der Waals surface area contributed by atoms with Crippen LogP contribution in [0.4, 0.5) is 0 Å². The zero-order valence-corrected chi connectivity index (χ0v) is 19.0. The van der Waals surface area contributed by atoms with E-state index in [0.717, 1.165) is 16.7 Å². The monoisotopic (exact) mass is 429 g/mol. The summed E-state index contributed by atoms with van der Waals surface area (Å²) in [7, 11) is -1.70. The van der Waals surface area contributed by atoms with Crippen LogP contribution in [-0.4, -0.2) is 68.2 Å². The minimum atomic E-state index is -3.52. The first-order valence-electron chi connectivity index (χ1n) is 10.3. The Morgan fingerprint density at radius 2 is 1.67 bits per heavy atom. The lowest BCUT2D eigenvalue weighted by atomic mass is 10.1. The molecule has 0 N–H and O–H groups in total. The van der Waals surface area contributed by atoms with Crippen molar-refractivity contribution in [3.05, 3.63) is 65.2 Å². The van der Waals surface area contributed by atoms with Crippen LogP contribution in [0.25, 0.3) is 0 Å². The molecule has 1 heterocycles. The lowest BCUT2D eigenvalue weighted by molar-refractivity contribution is -0.133. The molecule has 3 rings (SSSR count). The van der Waals surface area contributed by atoms with E-state index in [1.807, 2.05) is 75.2 Å². The highest BCUT2D eigenvalue weighted by atomic mass is 32.2. The summed E-state index contributed by atoms with van der Waals surface area (Å²) < 4.78 is 27.6. The van der Waals surface area contributed by atoms with Crippen LogP contribution in [0, 0.1) is 13.8 Å². The number of carbonyl (C=O) groups is 1. The van der Waals surface area contributed by atoms with Crippen molar-refractivity contribution in [3.8, 4) is 0 Å². The van der Waals surface area contributed by atoms with Crippen molar-refractivity contribution in [1.82, 2.24) is 14.1 Å². The summed E-state index contributed by atoms with van der Waals surface area (Å²) in [6, 6.07) is 15.4. The van der Waals surface area contributed by atoms with Gasteiger partial charge in [-0.2, -0.15) is 4.31 Å². The predicted molar refractivity (Wildman–Crippen MR) is 119 cm³/mol. The molecule has 1 amide bonds. The van der Waals surface area contributed by atoms with E-state index in [1.54, 1.807) is 11.0 Å². The van der Waals surface area contributed by atoms with E-state index in [0.29, 0.717) is 37.6 Å². The molecule has 0 unspecified atom stereocenters. The fourth-order valence-corrected chi connectivity index (χ4v) is 5.46. The van der Waals surface area contributed by atoms with Crippen molar-refractivity contribution in [2.75, 3.05) is 39.8 Å². The van der Waals surface area contributed by atoms with Gasteiger partial charge in [-0.25, -0.2) is 8.42 Å². The van der Waals surface area contributed by atoms with Crippen molar-refractivity contribution in [2.24, 2.45) is 0 Å². The van der Waals surface area contributed by atoms with Crippen molar-refractivity contribution in [1.29, 1.82) is 0 Å². The third kappa shape index (κ3) is 4.91. The summed E-state index contributed by atoms with van der Waals surface area (Å²) >= 11 is 0. The molecule has 2 aromatic carbocycles. The lowest BCUT2D eigenvalue weighted by Gasteiger charge is -2.35. The van der Waals surface area contributed by atoms with Gasteiger partial charge in [0.25, 0.3) is 0 Å². The second-order valence-electron chi connectivity index (χ2n) is 8.04. The maximum atomic E-state index is 13.0. The highest BCUT2D eigenvalue weighted by molar-refractivity contribution is 7.89. The third-order valence-electron chi connectivity index (χ3n) is 5.89. The Labute approximate surface area is 180 Å². The fourth-order valence-electron chi connectivity index (χ4n) is 3.83. The van der Waals surface area contributed by atoms with Gasteiger partial charge in [0, 0.05) is 33.2 Å². The molecule has 7 heteroatoms. The second kappa shape index (κ2) is 9.29. The molecule has 6 nitrogen and oxygen atoms in total. The first-order chi connectivity index (χ1) is 14.2. The number of amides is 1. The zero-order chi connectivity index (χ0) is 21.9. The number of carbonyl (C=O) groups excluding carboxylic acids is 1. The van der Waals surface area contributed by atoms with E-state index in [1.165, 1.54) is 4.31 Å². The lowest BCUT2D eigenvalue weighted by Crippen LogP contribution is -2.51. The summed E-state index contributed by atoms with van der Waals surface area (Å²) in [5.74, 6) is 0.0389. The Kier molecular flexibility index (Phi) is 6.95. The maximum Gasteiger partial charge on any atom is 0.243 e. The molecule has 0 radical (unpaired) electrons. The Morgan fingerprint density at radius 3 is 2.27 bits per heavy atom. The number of aryl methyl sites for hydroxylation is 2. The number of hydrogen-bond donors (Lipinski definition) is 0. The zero-order valence-electron chi connectivity index (χ0n) is 18.2. The molecule has 0 saturated carbocycles. The summed E-state index contributed by atoms with van der Waals surface area (Å²) in [5, 5.41) is 0. The average molecular weight is 430 g/mol. The molecule has 30 heavy (non-hydrogen) atoms. The molecule has 0 spiro atoms. The smallest absolute Gasteiger partial charge is 0.243 e. The second-order valence-corrected chi connectivity index (χ2v) is 9.95. The summed E-state index contributed by atoms with van der Waals surface area (Å²) in [6.45, 7) is 7.97. The largest absolute Gasteiger partial charge is 0.338 e. The van der Waals surface area contributed by atoms with E-state index in [9.17, 15) is 13.2 Å². The average Bonchev–Trinajstić information content (AvgIpc) is 2.73. The van der Waals surface area contributed by atoms with Gasteiger partial charge in [-0.1, -0.05) is 48.0 Å². The van der Waals surface area contributed by atoms with Crippen molar-refractivity contribution >= 4 is 15.9 Å². The molecule has 0 aromatic heterocycles. The van der Waals surface area contributed by atoms with Crippen molar-refractivity contribution in [2.45, 2.75) is 31.7 Å². The van der Waals surface area contributed by atoms with Crippen molar-refractivity contribution < 1.29 is 13.2 Å². The van der Waals surface area contributed by atoms with Gasteiger partial charge >= 0.3 is 0 Å². The topological polar surface area (TPSA) is 60.9 Å². The van der Waals surface area contributed by atoms with Gasteiger partial charge in [-0.15, -0.1) is 0 Å². The van der Waals surface area contributed by atoms with Crippen molar-refractivity contribution in [3.63, 3.8) is 0 Å². The Morgan fingerprint density at radius 1 is 1.03 bits per heavy atom. The number of piperazine rings is 1. The van der Waals surface area contributed by atoms with Crippen LogP contribution in [0.2, 0.25) is 0 Å². The van der Waals surface area contributed by atoms with E-state index in [4.69, 9.17) is 0 Å². The van der Waals surface area contributed by atoms with Crippen LogP contribution in [0.3, 0.4) is 0 Å². The van der Waals surface area contributed by atoms with Crippen LogP contribution in [-0.2, 0) is 14.8 Å². The standard InChI is InChI=1S/C23H31N3O3S/c1-18-10-11-22(19(2)16-18)30(28,29)26-14-12-25(13-15-26)17-23(27)24(4)20(3)21-8-6-5-7-9-21/h5-11,16,20H,12-15,17H2,1-4H3/t20-/m1/s1. The van der Waals surface area contributed by atoms with Crippen LogP contribution < -0.4 is 0 Å². The molecule has 0 bridgehead atoms. The molecular weight excluding hydrogens is 398 g/mol. The Hall–Kier alpha value is -2.22. The first-order valence-corrected chi connectivity index (χ1v) is 11.7. The van der Waals surface area contributed by atoms with Gasteiger partial charge in [0.2, 0.25) is 15.9 Å². The van der Waals surface area contributed by atoms with Gasteiger partial charge in [0.1, 0.15) is 0 Å². The van der Waals surface area contributed by atoms with Gasteiger partial charge in [0.15, 0.2) is 0 Å². The van der Waals surface area contributed by atoms with Gasteiger partial charge in [-0.3, -0.25) is 9.69 Å². The highest BCUT2D eigenvalue weighted by Gasteiger charge is 2.30. The Bertz CT molecular complexity index is 984. The summed E-state index contributed by atoms with van der Waals surface area (Å²) in [6.07, 6.45) is 0. The molecule has 1 fully saturated rings. The number of nitrogens with zero attached hydrogens (tertiary/aromatic N) is 3. The van der Waals surface area contributed by atoms with Crippen LogP contribution >= 0.6 is 0 Å². The van der Waals surface area contributed by atoms with Crippen LogP contribution in [0.1, 0.15) is 29.7 Å². The Balaban J connectivity index is 1.58. The molecule has 1 aliphatic heterocycles. The molecular formula is C23H31N3O3S. The SMILES string of the molecule is Cc1ccc(S(=O)(=O)N2CCN(CC(=O)N(C)[C@H](C)c3ccccc3)CC2)c(C)c1. The minimum Gasteiger partial charge on any atom is -0.338 e. The molecule has 1 aliphatic rings. The minimum absolute atomic E-state index is 0.00937. The number of hydrogen-bond acceptors (Lipinski definition) is 4. The van der Waals surface area contributed by atoms with E-state index in [2.05, 4.69) is 0 Å². The molecule has 1 atom stereocenters. The van der Waals surface area contributed by atoms with E-state index in [-0.39, 0.29) is 11.9 Å².